The van der Waals surface area contributed by atoms with Gasteiger partial charge < -0.3 is 21.3 Å². The van der Waals surface area contributed by atoms with Crippen LogP contribution in [0.3, 0.4) is 0 Å². The number of hydrogen-bond acceptors (Lipinski definition) is 3. The molecule has 0 saturated carbocycles. The molecule has 26 heavy (non-hydrogen) atoms. The molecule has 6 nitrogen and oxygen atoms in total. The molecule has 0 saturated heterocycles. The number of anilines is 1. The van der Waals surface area contributed by atoms with E-state index >= 15 is 0 Å². The van der Waals surface area contributed by atoms with E-state index in [0.717, 1.165) is 5.56 Å². The quantitative estimate of drug-likeness (QED) is 0.681. The van der Waals surface area contributed by atoms with Gasteiger partial charge in [0.05, 0.1) is 0 Å². The van der Waals surface area contributed by atoms with Crippen molar-refractivity contribution in [2.24, 2.45) is 5.73 Å². The van der Waals surface area contributed by atoms with Crippen LogP contribution in [0, 0.1) is 0 Å². The summed E-state index contributed by atoms with van der Waals surface area (Å²) < 4.78 is 0. The number of nitrogens with two attached hydrogens (primary N) is 1. The average molecular weight is 354 g/mol. The van der Waals surface area contributed by atoms with Crippen LogP contribution in [0.1, 0.15) is 18.9 Å². The minimum atomic E-state index is -0.639. The molecule has 0 aliphatic rings. The molecule has 2 rings (SSSR count). The summed E-state index contributed by atoms with van der Waals surface area (Å²) in [6.45, 7) is 3.24. The van der Waals surface area contributed by atoms with Crippen molar-refractivity contribution < 1.29 is 9.59 Å². The van der Waals surface area contributed by atoms with E-state index in [2.05, 4.69) is 10.6 Å². The van der Waals surface area contributed by atoms with Crippen molar-refractivity contribution in [2.45, 2.75) is 25.9 Å². The van der Waals surface area contributed by atoms with E-state index in [4.69, 9.17) is 5.73 Å². The number of amides is 3. The van der Waals surface area contributed by atoms with Crippen LogP contribution in [0.25, 0.3) is 0 Å². The molecule has 0 bridgehead atoms. The minimum absolute atomic E-state index is 0.134. The molecule has 0 aliphatic carbocycles. The Kier molecular flexibility index (Phi) is 7.64. The zero-order valence-electron chi connectivity index (χ0n) is 15.0. The number of carbonyl (C=O) groups is 2. The number of urea groups is 1. The lowest BCUT2D eigenvalue weighted by molar-refractivity contribution is -0.133. The van der Waals surface area contributed by atoms with Crippen LogP contribution in [0.5, 0.6) is 0 Å². The summed E-state index contributed by atoms with van der Waals surface area (Å²) in [5, 5.41) is 5.42. The van der Waals surface area contributed by atoms with Gasteiger partial charge in [0, 0.05) is 18.8 Å². The average Bonchev–Trinajstić information content (AvgIpc) is 2.66. The summed E-state index contributed by atoms with van der Waals surface area (Å²) in [6.07, 6.45) is 0.710. The third-order valence-corrected chi connectivity index (χ3v) is 3.91. The molecule has 0 aliphatic heterocycles. The summed E-state index contributed by atoms with van der Waals surface area (Å²) in [5.41, 5.74) is 7.31. The van der Waals surface area contributed by atoms with E-state index in [1.165, 1.54) is 0 Å². The summed E-state index contributed by atoms with van der Waals surface area (Å²) in [4.78, 5) is 26.6. The van der Waals surface area contributed by atoms with Crippen molar-refractivity contribution in [1.29, 1.82) is 0 Å². The Morgan fingerprint density at radius 1 is 1.04 bits per heavy atom. The summed E-state index contributed by atoms with van der Waals surface area (Å²) in [7, 11) is 0. The Bertz CT molecular complexity index is 691. The van der Waals surface area contributed by atoms with Gasteiger partial charge in [0.1, 0.15) is 6.04 Å². The van der Waals surface area contributed by atoms with Crippen molar-refractivity contribution in [3.63, 3.8) is 0 Å². The fraction of sp³-hybridized carbons (Fsp3) is 0.300. The Hall–Kier alpha value is -2.86. The fourth-order valence-corrected chi connectivity index (χ4v) is 2.57. The van der Waals surface area contributed by atoms with Crippen LogP contribution in [-0.4, -0.2) is 36.0 Å². The van der Waals surface area contributed by atoms with Crippen molar-refractivity contribution in [3.8, 4) is 0 Å². The molecule has 2 aromatic rings. The van der Waals surface area contributed by atoms with Crippen LogP contribution in [0.2, 0.25) is 0 Å². The normalized spacial score (nSPS) is 11.5. The summed E-state index contributed by atoms with van der Waals surface area (Å²) >= 11 is 0. The SMILES string of the molecule is CC(NC(=O)Nc1ccccc1)C(=O)N(CCCN)Cc1ccccc1. The second-order valence-electron chi connectivity index (χ2n) is 6.07. The van der Waals surface area contributed by atoms with Crippen LogP contribution < -0.4 is 16.4 Å². The van der Waals surface area contributed by atoms with E-state index in [0.29, 0.717) is 31.7 Å². The molecule has 0 aromatic heterocycles. The first-order chi connectivity index (χ1) is 12.6. The molecule has 1 unspecified atom stereocenters. The Labute approximate surface area is 154 Å². The van der Waals surface area contributed by atoms with Gasteiger partial charge in [-0.25, -0.2) is 4.79 Å². The predicted molar refractivity (Wildman–Crippen MR) is 104 cm³/mol. The standard InChI is InChI=1S/C20H26N4O2/c1-16(22-20(26)23-18-11-6-3-7-12-18)19(25)24(14-8-13-21)15-17-9-4-2-5-10-17/h2-7,9-12,16H,8,13-15,21H2,1H3,(H2,22,23,26). The van der Waals surface area contributed by atoms with Gasteiger partial charge in [-0.05, 0) is 37.6 Å². The number of para-hydroxylation sites is 1. The number of nitrogens with zero attached hydrogens (tertiary/aromatic N) is 1. The van der Waals surface area contributed by atoms with Gasteiger partial charge >= 0.3 is 6.03 Å². The fourth-order valence-electron chi connectivity index (χ4n) is 2.57. The first kappa shape index (κ1) is 19.5. The lowest BCUT2D eigenvalue weighted by Crippen LogP contribution is -2.48. The van der Waals surface area contributed by atoms with Gasteiger partial charge in [-0.1, -0.05) is 48.5 Å². The largest absolute Gasteiger partial charge is 0.337 e. The minimum Gasteiger partial charge on any atom is -0.337 e. The third kappa shape index (κ3) is 6.22. The van der Waals surface area contributed by atoms with Crippen molar-refractivity contribution in [3.05, 3.63) is 66.2 Å². The Balaban J connectivity index is 1.95. The monoisotopic (exact) mass is 354 g/mol. The zero-order valence-corrected chi connectivity index (χ0v) is 15.0. The van der Waals surface area contributed by atoms with Crippen LogP contribution >= 0.6 is 0 Å². The molecule has 6 heteroatoms. The predicted octanol–water partition coefficient (Wildman–Crippen LogP) is 2.57. The lowest BCUT2D eigenvalue weighted by Gasteiger charge is -2.26. The van der Waals surface area contributed by atoms with E-state index in [9.17, 15) is 9.59 Å². The topological polar surface area (TPSA) is 87.5 Å². The number of benzene rings is 2. The number of rotatable bonds is 8. The molecule has 0 fully saturated rings. The molecule has 0 heterocycles. The van der Waals surface area contributed by atoms with E-state index in [1.54, 1.807) is 24.0 Å². The second kappa shape index (κ2) is 10.2. The van der Waals surface area contributed by atoms with Gasteiger partial charge in [-0.3, -0.25) is 4.79 Å². The number of carbonyl (C=O) groups excluding carboxylic acids is 2. The molecule has 2 aromatic carbocycles. The van der Waals surface area contributed by atoms with Gasteiger partial charge in [0.25, 0.3) is 0 Å². The van der Waals surface area contributed by atoms with Gasteiger partial charge in [0.2, 0.25) is 5.91 Å². The van der Waals surface area contributed by atoms with Crippen LogP contribution in [-0.2, 0) is 11.3 Å². The Morgan fingerprint density at radius 2 is 1.65 bits per heavy atom. The van der Waals surface area contributed by atoms with E-state index in [-0.39, 0.29) is 5.91 Å². The number of hydrogen-bond donors (Lipinski definition) is 3. The highest BCUT2D eigenvalue weighted by Gasteiger charge is 2.22. The third-order valence-electron chi connectivity index (χ3n) is 3.91. The molecule has 0 spiro atoms. The van der Waals surface area contributed by atoms with Gasteiger partial charge in [0.15, 0.2) is 0 Å². The van der Waals surface area contributed by atoms with Gasteiger partial charge in [-0.2, -0.15) is 0 Å². The first-order valence-corrected chi connectivity index (χ1v) is 8.75. The number of nitrogens with one attached hydrogen (secondary N) is 2. The zero-order chi connectivity index (χ0) is 18.8. The first-order valence-electron chi connectivity index (χ1n) is 8.75. The molecule has 4 N–H and O–H groups in total. The van der Waals surface area contributed by atoms with E-state index < -0.39 is 12.1 Å². The highest BCUT2D eigenvalue weighted by Crippen LogP contribution is 2.08. The maximum atomic E-state index is 12.8. The molecule has 0 radical (unpaired) electrons. The molecule has 1 atom stereocenters. The van der Waals surface area contributed by atoms with Crippen molar-refractivity contribution in [1.82, 2.24) is 10.2 Å². The van der Waals surface area contributed by atoms with Crippen molar-refractivity contribution in [2.75, 3.05) is 18.4 Å². The van der Waals surface area contributed by atoms with E-state index in [1.807, 2.05) is 48.5 Å². The summed E-state index contributed by atoms with van der Waals surface area (Å²) in [5.74, 6) is -0.134. The highest BCUT2D eigenvalue weighted by atomic mass is 16.2. The lowest BCUT2D eigenvalue weighted by atomic mass is 10.2. The van der Waals surface area contributed by atoms with Crippen LogP contribution in [0.4, 0.5) is 10.5 Å². The van der Waals surface area contributed by atoms with Gasteiger partial charge in [-0.15, -0.1) is 0 Å². The van der Waals surface area contributed by atoms with Crippen LogP contribution in [0.15, 0.2) is 60.7 Å². The highest BCUT2D eigenvalue weighted by molar-refractivity contribution is 5.93. The molecule has 138 valence electrons. The summed E-state index contributed by atoms with van der Waals surface area (Å²) in [6, 6.07) is 17.8. The van der Waals surface area contributed by atoms with Crippen molar-refractivity contribution >= 4 is 17.6 Å². The maximum absolute atomic E-state index is 12.8. The molecular weight excluding hydrogens is 328 g/mol. The molecule has 3 amide bonds. The Morgan fingerprint density at radius 3 is 2.27 bits per heavy atom. The maximum Gasteiger partial charge on any atom is 0.319 e. The molecular formula is C20H26N4O2. The smallest absolute Gasteiger partial charge is 0.319 e. The second-order valence-corrected chi connectivity index (χ2v) is 6.07.